The monoisotopic (exact) mass is 286 g/mol. The van der Waals surface area contributed by atoms with Crippen LogP contribution in [-0.2, 0) is 0 Å². The van der Waals surface area contributed by atoms with Crippen molar-refractivity contribution in [3.63, 3.8) is 0 Å². The van der Waals surface area contributed by atoms with Gasteiger partial charge in [-0.25, -0.2) is 9.97 Å². The summed E-state index contributed by atoms with van der Waals surface area (Å²) in [5.74, 6) is 0. The van der Waals surface area contributed by atoms with E-state index in [2.05, 4.69) is 26.7 Å². The second-order valence-corrected chi connectivity index (χ2v) is 6.16. The summed E-state index contributed by atoms with van der Waals surface area (Å²) in [5, 5.41) is 7.33. The fourth-order valence-electron chi connectivity index (χ4n) is 1.80. The summed E-state index contributed by atoms with van der Waals surface area (Å²) >= 11 is 3.29. The van der Waals surface area contributed by atoms with Gasteiger partial charge in [0.2, 0.25) is 0 Å². The molecule has 5 heteroatoms. The molecular weight excluding hydrogens is 274 g/mol. The van der Waals surface area contributed by atoms with Gasteiger partial charge in [0.05, 0.1) is 21.3 Å². The van der Waals surface area contributed by atoms with Crippen molar-refractivity contribution in [3.8, 4) is 10.6 Å². The Kier molecular flexibility index (Phi) is 3.31. The maximum atomic E-state index is 4.62. The zero-order valence-electron chi connectivity index (χ0n) is 10.6. The van der Waals surface area contributed by atoms with Gasteiger partial charge in [0.15, 0.2) is 5.13 Å². The Morgan fingerprint density at radius 1 is 1.16 bits per heavy atom. The minimum absolute atomic E-state index is 0.895. The van der Waals surface area contributed by atoms with E-state index in [1.807, 2.05) is 38.1 Å². The van der Waals surface area contributed by atoms with Crippen molar-refractivity contribution in [2.24, 2.45) is 0 Å². The Morgan fingerprint density at radius 3 is 2.63 bits per heavy atom. The molecule has 3 nitrogen and oxygen atoms in total. The predicted octanol–water partition coefficient (Wildman–Crippen LogP) is 4.43. The van der Waals surface area contributed by atoms with Gasteiger partial charge in [-0.15, -0.1) is 22.7 Å². The molecular formula is C14H12N3S2. The third kappa shape index (κ3) is 2.67. The molecule has 0 saturated carbocycles. The fourth-order valence-corrected chi connectivity index (χ4v) is 3.47. The molecule has 95 valence electrons. The molecule has 2 aromatic heterocycles. The Bertz CT molecular complexity index is 686. The molecule has 1 aromatic carbocycles. The normalized spacial score (nSPS) is 10.6. The van der Waals surface area contributed by atoms with Gasteiger partial charge in [0.25, 0.3) is 0 Å². The van der Waals surface area contributed by atoms with Gasteiger partial charge in [0, 0.05) is 11.1 Å². The van der Waals surface area contributed by atoms with Crippen LogP contribution in [-0.4, -0.2) is 9.97 Å². The zero-order valence-corrected chi connectivity index (χ0v) is 12.2. The summed E-state index contributed by atoms with van der Waals surface area (Å²) in [5.41, 5.74) is 3.07. The molecule has 19 heavy (non-hydrogen) atoms. The molecule has 0 saturated heterocycles. The quantitative estimate of drug-likeness (QED) is 0.774. The first-order valence-electron chi connectivity index (χ1n) is 5.85. The Hall–Kier alpha value is -1.72. The SMILES string of the molecule is Cc1nc(C)c(-c2csc(Nc3cc[c]cc3)n2)s1. The minimum atomic E-state index is 0.895. The van der Waals surface area contributed by atoms with E-state index >= 15 is 0 Å². The molecule has 3 rings (SSSR count). The van der Waals surface area contributed by atoms with Gasteiger partial charge in [-0.2, -0.15) is 0 Å². The smallest absolute Gasteiger partial charge is 0.187 e. The molecule has 2 heterocycles. The first-order valence-corrected chi connectivity index (χ1v) is 7.55. The molecule has 0 aliphatic carbocycles. The van der Waals surface area contributed by atoms with Crippen LogP contribution in [0.3, 0.4) is 0 Å². The van der Waals surface area contributed by atoms with E-state index in [9.17, 15) is 0 Å². The Morgan fingerprint density at radius 2 is 1.95 bits per heavy atom. The molecule has 0 aliphatic rings. The Labute approximate surface area is 120 Å². The summed E-state index contributed by atoms with van der Waals surface area (Å²) < 4.78 is 0. The lowest BCUT2D eigenvalue weighted by Gasteiger charge is -2.00. The van der Waals surface area contributed by atoms with Crippen LogP contribution in [0.15, 0.2) is 29.6 Å². The predicted molar refractivity (Wildman–Crippen MR) is 81.3 cm³/mol. The number of hydrogen-bond acceptors (Lipinski definition) is 5. The highest BCUT2D eigenvalue weighted by atomic mass is 32.1. The summed E-state index contributed by atoms with van der Waals surface area (Å²) in [6, 6.07) is 10.7. The van der Waals surface area contributed by atoms with Gasteiger partial charge in [-0.05, 0) is 32.0 Å². The third-order valence-corrected chi connectivity index (χ3v) is 4.46. The van der Waals surface area contributed by atoms with Crippen LogP contribution in [0.5, 0.6) is 0 Å². The lowest BCUT2D eigenvalue weighted by Crippen LogP contribution is -1.88. The number of aryl methyl sites for hydroxylation is 2. The molecule has 1 N–H and O–H groups in total. The number of thiazole rings is 2. The highest BCUT2D eigenvalue weighted by molar-refractivity contribution is 7.16. The number of rotatable bonds is 3. The second kappa shape index (κ2) is 5.11. The average molecular weight is 286 g/mol. The summed E-state index contributed by atoms with van der Waals surface area (Å²) in [6.07, 6.45) is 0. The fraction of sp³-hybridized carbons (Fsp3) is 0.143. The first-order chi connectivity index (χ1) is 9.22. The number of nitrogens with zero attached hydrogens (tertiary/aromatic N) is 2. The van der Waals surface area contributed by atoms with E-state index < -0.39 is 0 Å². The number of nitrogens with one attached hydrogen (secondary N) is 1. The summed E-state index contributed by atoms with van der Waals surface area (Å²) in [4.78, 5) is 10.2. The van der Waals surface area contributed by atoms with Gasteiger partial charge in [-0.1, -0.05) is 12.1 Å². The van der Waals surface area contributed by atoms with Crippen LogP contribution in [0.25, 0.3) is 10.6 Å². The largest absolute Gasteiger partial charge is 0.332 e. The van der Waals surface area contributed by atoms with E-state index in [0.29, 0.717) is 0 Å². The minimum Gasteiger partial charge on any atom is -0.332 e. The highest BCUT2D eigenvalue weighted by Gasteiger charge is 2.11. The number of hydrogen-bond donors (Lipinski definition) is 1. The molecule has 0 spiro atoms. The lowest BCUT2D eigenvalue weighted by atomic mass is 10.3. The van der Waals surface area contributed by atoms with Crippen molar-refractivity contribution in [2.45, 2.75) is 13.8 Å². The van der Waals surface area contributed by atoms with E-state index in [4.69, 9.17) is 0 Å². The van der Waals surface area contributed by atoms with E-state index in [-0.39, 0.29) is 0 Å². The van der Waals surface area contributed by atoms with Crippen molar-refractivity contribution >= 4 is 33.5 Å². The van der Waals surface area contributed by atoms with Crippen molar-refractivity contribution in [3.05, 3.63) is 46.4 Å². The maximum absolute atomic E-state index is 4.62. The van der Waals surface area contributed by atoms with Gasteiger partial charge < -0.3 is 5.32 Å². The Balaban J connectivity index is 1.86. The topological polar surface area (TPSA) is 37.8 Å². The summed E-state index contributed by atoms with van der Waals surface area (Å²) in [7, 11) is 0. The van der Waals surface area contributed by atoms with Crippen LogP contribution < -0.4 is 5.32 Å². The highest BCUT2D eigenvalue weighted by Crippen LogP contribution is 2.32. The van der Waals surface area contributed by atoms with E-state index in [1.54, 1.807) is 22.7 Å². The second-order valence-electron chi connectivity index (χ2n) is 4.10. The van der Waals surface area contributed by atoms with Crippen molar-refractivity contribution in [1.29, 1.82) is 0 Å². The van der Waals surface area contributed by atoms with Crippen LogP contribution in [0.1, 0.15) is 10.7 Å². The molecule has 3 aromatic rings. The number of benzene rings is 1. The molecule has 0 fully saturated rings. The van der Waals surface area contributed by atoms with Crippen LogP contribution in [0.2, 0.25) is 0 Å². The average Bonchev–Trinajstić information content (AvgIpc) is 2.97. The number of anilines is 2. The van der Waals surface area contributed by atoms with Crippen LogP contribution in [0.4, 0.5) is 10.8 Å². The van der Waals surface area contributed by atoms with E-state index in [0.717, 1.165) is 32.1 Å². The molecule has 0 unspecified atom stereocenters. The summed E-state index contributed by atoms with van der Waals surface area (Å²) in [6.45, 7) is 4.05. The van der Waals surface area contributed by atoms with Gasteiger partial charge >= 0.3 is 0 Å². The molecule has 0 aliphatic heterocycles. The molecule has 0 amide bonds. The van der Waals surface area contributed by atoms with Crippen molar-refractivity contribution in [1.82, 2.24) is 9.97 Å². The molecule has 0 bridgehead atoms. The van der Waals surface area contributed by atoms with Crippen LogP contribution >= 0.6 is 22.7 Å². The first kappa shape index (κ1) is 12.3. The van der Waals surface area contributed by atoms with Gasteiger partial charge in [-0.3, -0.25) is 0 Å². The van der Waals surface area contributed by atoms with Gasteiger partial charge in [0.1, 0.15) is 0 Å². The zero-order chi connectivity index (χ0) is 13.2. The van der Waals surface area contributed by atoms with E-state index in [1.165, 1.54) is 0 Å². The van der Waals surface area contributed by atoms with Crippen LogP contribution in [0, 0.1) is 19.9 Å². The lowest BCUT2D eigenvalue weighted by molar-refractivity contribution is 1.20. The molecule has 0 atom stereocenters. The van der Waals surface area contributed by atoms with Crippen molar-refractivity contribution < 1.29 is 0 Å². The maximum Gasteiger partial charge on any atom is 0.187 e. The van der Waals surface area contributed by atoms with Crippen molar-refractivity contribution in [2.75, 3.05) is 5.32 Å². The third-order valence-electron chi connectivity index (χ3n) is 2.61. The standard InChI is InChI=1S/C14H12N3S2/c1-9-13(19-10(2)15-9)12-8-18-14(17-12)16-11-6-4-3-5-7-11/h4-8H,1-2H3,(H,16,17). The molecule has 1 radical (unpaired) electrons. The number of aromatic nitrogens is 2.